The predicted octanol–water partition coefficient (Wildman–Crippen LogP) is 4.23. The Morgan fingerprint density at radius 1 is 1.00 bits per heavy atom. The van der Waals surface area contributed by atoms with Crippen molar-refractivity contribution in [3.05, 3.63) is 77.9 Å². The van der Waals surface area contributed by atoms with Gasteiger partial charge >= 0.3 is 5.97 Å². The van der Waals surface area contributed by atoms with Crippen LogP contribution in [0.5, 0.6) is 0 Å². The first-order valence-corrected chi connectivity index (χ1v) is 8.24. The van der Waals surface area contributed by atoms with Crippen LogP contribution in [0.2, 0.25) is 0 Å². The predicted molar refractivity (Wildman–Crippen MR) is 98.4 cm³/mol. The molecule has 2 aromatic rings. The molecule has 2 aromatic carbocycles. The summed E-state index contributed by atoms with van der Waals surface area (Å²) in [5, 5.41) is 3.43. The van der Waals surface area contributed by atoms with E-state index in [1.165, 1.54) is 7.11 Å². The number of rotatable bonds is 7. The fraction of sp³-hybridized carbons (Fsp3) is 0.286. The summed E-state index contributed by atoms with van der Waals surface area (Å²) < 4.78 is 4.95. The molecule has 0 radical (unpaired) electrons. The Kier molecular flexibility index (Phi) is 6.76. The third-order valence-electron chi connectivity index (χ3n) is 3.92. The van der Waals surface area contributed by atoms with E-state index in [2.05, 4.69) is 41.7 Å². The molecule has 1 N–H and O–H groups in total. The van der Waals surface area contributed by atoms with Gasteiger partial charge in [0.05, 0.1) is 13.2 Å². The molecular weight excluding hydrogens is 298 g/mol. The minimum atomic E-state index is -0.361. The second kappa shape index (κ2) is 9.04. The summed E-state index contributed by atoms with van der Waals surface area (Å²) in [6.45, 7) is 4.02. The molecule has 0 fully saturated rings. The summed E-state index contributed by atoms with van der Waals surface area (Å²) in [5.41, 5.74) is 2.23. The second-order valence-corrected chi connectivity index (χ2v) is 6.07. The number of benzene rings is 2. The van der Waals surface area contributed by atoms with Crippen molar-refractivity contribution in [2.24, 2.45) is 5.92 Å². The summed E-state index contributed by atoms with van der Waals surface area (Å²) in [6, 6.07) is 19.8. The van der Waals surface area contributed by atoms with Crippen molar-refractivity contribution >= 4 is 12.0 Å². The highest BCUT2D eigenvalue weighted by atomic mass is 16.5. The van der Waals surface area contributed by atoms with Crippen LogP contribution in [-0.4, -0.2) is 19.1 Å². The fourth-order valence-corrected chi connectivity index (χ4v) is 2.55. The van der Waals surface area contributed by atoms with E-state index in [0.717, 1.165) is 11.1 Å². The Hall–Kier alpha value is -2.39. The maximum atomic E-state index is 12.1. The van der Waals surface area contributed by atoms with Crippen molar-refractivity contribution in [2.45, 2.75) is 25.9 Å². The molecule has 0 bridgehead atoms. The molecule has 0 aliphatic rings. The van der Waals surface area contributed by atoms with Crippen LogP contribution in [0.25, 0.3) is 6.08 Å². The Morgan fingerprint density at radius 3 is 2.12 bits per heavy atom. The lowest BCUT2D eigenvalue weighted by atomic mass is 9.99. The third-order valence-corrected chi connectivity index (χ3v) is 3.92. The van der Waals surface area contributed by atoms with Crippen molar-refractivity contribution in [1.29, 1.82) is 0 Å². The van der Waals surface area contributed by atoms with Crippen LogP contribution >= 0.6 is 0 Å². The summed E-state index contributed by atoms with van der Waals surface area (Å²) in [7, 11) is 1.43. The lowest BCUT2D eigenvalue weighted by Gasteiger charge is -2.25. The zero-order valence-electron chi connectivity index (χ0n) is 14.5. The molecule has 3 heteroatoms. The van der Waals surface area contributed by atoms with E-state index in [1.807, 2.05) is 50.2 Å². The number of methoxy groups -OCH3 is 1. The number of ether oxygens (including phenoxy) is 1. The van der Waals surface area contributed by atoms with Crippen molar-refractivity contribution in [1.82, 2.24) is 5.32 Å². The molecule has 3 nitrogen and oxygen atoms in total. The first-order valence-electron chi connectivity index (χ1n) is 8.24. The van der Waals surface area contributed by atoms with Gasteiger partial charge in [0.1, 0.15) is 6.04 Å². The maximum absolute atomic E-state index is 12.1. The number of hydrogen-bond acceptors (Lipinski definition) is 3. The molecule has 0 aliphatic carbocycles. The van der Waals surface area contributed by atoms with Crippen LogP contribution in [0.1, 0.15) is 31.0 Å². The molecule has 126 valence electrons. The maximum Gasteiger partial charge on any atom is 0.323 e. The molecule has 0 spiro atoms. The van der Waals surface area contributed by atoms with Crippen molar-refractivity contribution in [3.8, 4) is 0 Å². The average Bonchev–Trinajstić information content (AvgIpc) is 2.62. The quantitative estimate of drug-likeness (QED) is 0.775. The van der Waals surface area contributed by atoms with Gasteiger partial charge in [0, 0.05) is 0 Å². The molecule has 0 saturated heterocycles. The summed E-state index contributed by atoms with van der Waals surface area (Å²) >= 11 is 0. The van der Waals surface area contributed by atoms with E-state index in [1.54, 1.807) is 0 Å². The number of carbonyl (C=O) groups excluding carboxylic acids is 1. The Morgan fingerprint density at radius 2 is 1.58 bits per heavy atom. The van der Waals surface area contributed by atoms with E-state index < -0.39 is 0 Å². The molecule has 24 heavy (non-hydrogen) atoms. The molecule has 0 aliphatic heterocycles. The zero-order chi connectivity index (χ0) is 17.4. The molecule has 0 amide bonds. The SMILES string of the molecule is COC(=O)[C@@H](N[C@H](/C=C/c1ccccc1)c1ccccc1)C(C)C. The Bertz CT molecular complexity index is 650. The summed E-state index contributed by atoms with van der Waals surface area (Å²) in [5.74, 6) is -0.104. The van der Waals surface area contributed by atoms with E-state index in [4.69, 9.17) is 4.74 Å². The highest BCUT2D eigenvalue weighted by Gasteiger charge is 2.25. The zero-order valence-corrected chi connectivity index (χ0v) is 14.5. The van der Waals surface area contributed by atoms with Crippen LogP contribution in [0.15, 0.2) is 66.7 Å². The minimum Gasteiger partial charge on any atom is -0.468 e. The topological polar surface area (TPSA) is 38.3 Å². The van der Waals surface area contributed by atoms with Gasteiger partial charge in [-0.2, -0.15) is 0 Å². The normalized spacial score (nSPS) is 13.8. The van der Waals surface area contributed by atoms with E-state index in [-0.39, 0.29) is 24.0 Å². The number of carbonyl (C=O) groups is 1. The summed E-state index contributed by atoms with van der Waals surface area (Å²) in [6.07, 6.45) is 4.16. The highest BCUT2D eigenvalue weighted by Crippen LogP contribution is 2.19. The number of hydrogen-bond donors (Lipinski definition) is 1. The van der Waals surface area contributed by atoms with Gasteiger partial charge in [-0.05, 0) is 17.0 Å². The lowest BCUT2D eigenvalue weighted by molar-refractivity contribution is -0.144. The smallest absolute Gasteiger partial charge is 0.323 e. The molecule has 0 saturated carbocycles. The number of esters is 1. The van der Waals surface area contributed by atoms with Gasteiger partial charge in [0.25, 0.3) is 0 Å². The largest absolute Gasteiger partial charge is 0.468 e. The van der Waals surface area contributed by atoms with Crippen molar-refractivity contribution < 1.29 is 9.53 Å². The standard InChI is InChI=1S/C21H25NO2/c1-16(2)20(21(23)24-3)22-19(18-12-8-5-9-13-18)15-14-17-10-6-4-7-11-17/h4-16,19-20,22H,1-3H3/b15-14+/t19-,20+/m1/s1. The van der Waals surface area contributed by atoms with Gasteiger partial charge in [-0.3, -0.25) is 10.1 Å². The second-order valence-electron chi connectivity index (χ2n) is 6.07. The lowest BCUT2D eigenvalue weighted by Crippen LogP contribution is -2.43. The molecular formula is C21H25NO2. The van der Waals surface area contributed by atoms with Gasteiger partial charge < -0.3 is 4.74 Å². The van der Waals surface area contributed by atoms with E-state index in [0.29, 0.717) is 0 Å². The van der Waals surface area contributed by atoms with Gasteiger partial charge in [-0.15, -0.1) is 0 Å². The molecule has 2 rings (SSSR count). The van der Waals surface area contributed by atoms with Gasteiger partial charge in [0.15, 0.2) is 0 Å². The van der Waals surface area contributed by atoms with E-state index >= 15 is 0 Å². The first-order chi connectivity index (χ1) is 11.6. The van der Waals surface area contributed by atoms with Crippen LogP contribution in [0.3, 0.4) is 0 Å². The van der Waals surface area contributed by atoms with Crippen LogP contribution in [0, 0.1) is 5.92 Å². The Balaban J connectivity index is 2.26. The van der Waals surface area contributed by atoms with Crippen LogP contribution < -0.4 is 5.32 Å². The van der Waals surface area contributed by atoms with Crippen molar-refractivity contribution in [3.63, 3.8) is 0 Å². The van der Waals surface area contributed by atoms with Gasteiger partial charge in [-0.1, -0.05) is 86.7 Å². The number of nitrogens with one attached hydrogen (secondary N) is 1. The first kappa shape index (κ1) is 18.0. The average molecular weight is 323 g/mol. The van der Waals surface area contributed by atoms with Gasteiger partial charge in [-0.25, -0.2) is 0 Å². The fourth-order valence-electron chi connectivity index (χ4n) is 2.55. The third kappa shape index (κ3) is 5.07. The molecule has 0 unspecified atom stereocenters. The minimum absolute atomic E-state index is 0.0714. The van der Waals surface area contributed by atoms with Gasteiger partial charge in [0.2, 0.25) is 0 Å². The van der Waals surface area contributed by atoms with E-state index in [9.17, 15) is 4.79 Å². The molecule has 0 heterocycles. The molecule has 0 aromatic heterocycles. The van der Waals surface area contributed by atoms with Crippen LogP contribution in [0.4, 0.5) is 0 Å². The summed E-state index contributed by atoms with van der Waals surface area (Å²) in [4.78, 5) is 12.1. The Labute approximate surface area is 144 Å². The monoisotopic (exact) mass is 323 g/mol. The highest BCUT2D eigenvalue weighted by molar-refractivity contribution is 5.76. The molecule has 2 atom stereocenters. The van der Waals surface area contributed by atoms with Crippen molar-refractivity contribution in [2.75, 3.05) is 7.11 Å². The van der Waals surface area contributed by atoms with Crippen LogP contribution in [-0.2, 0) is 9.53 Å².